The van der Waals surface area contributed by atoms with Crippen LogP contribution in [0.15, 0.2) is 48.7 Å². The van der Waals surface area contributed by atoms with Gasteiger partial charge in [-0.3, -0.25) is 9.59 Å². The maximum Gasteiger partial charge on any atom is 0.364 e. The number of imide groups is 1. The predicted molar refractivity (Wildman–Crippen MR) is 85.4 cm³/mol. The van der Waals surface area contributed by atoms with E-state index in [1.54, 1.807) is 18.2 Å². The Morgan fingerprint density at radius 1 is 1.08 bits per heavy atom. The van der Waals surface area contributed by atoms with Crippen LogP contribution in [0.4, 0.5) is 0 Å². The number of fused-ring (bicyclic) bond motifs is 2. The molecule has 4 rings (SSSR count). The number of benzene rings is 2. The second kappa shape index (κ2) is 5.32. The molecule has 2 aromatic carbocycles. The Hall–Kier alpha value is -3.92. The lowest BCUT2D eigenvalue weighted by molar-refractivity contribution is -0.0584. The molecule has 25 heavy (non-hydrogen) atoms. The minimum atomic E-state index is -0.843. The largest absolute Gasteiger partial charge is 0.364 e. The van der Waals surface area contributed by atoms with E-state index < -0.39 is 17.8 Å². The number of H-pyrrole nitrogens is 1. The second-order valence-corrected chi connectivity index (χ2v) is 5.40. The van der Waals surface area contributed by atoms with Gasteiger partial charge < -0.3 is 9.82 Å². The van der Waals surface area contributed by atoms with Gasteiger partial charge in [0, 0.05) is 17.1 Å². The molecule has 1 N–H and O–H groups in total. The number of hydrogen-bond donors (Lipinski definition) is 1. The number of nitrogens with zero attached hydrogens (tertiary/aromatic N) is 2. The maximum absolute atomic E-state index is 12.3. The predicted octanol–water partition coefficient (Wildman–Crippen LogP) is 2.41. The zero-order valence-corrected chi connectivity index (χ0v) is 12.6. The third kappa shape index (κ3) is 2.16. The highest BCUT2D eigenvalue weighted by atomic mass is 16.7. The van der Waals surface area contributed by atoms with E-state index in [9.17, 15) is 14.4 Å². The lowest BCUT2D eigenvalue weighted by Gasteiger charge is -2.12. The maximum atomic E-state index is 12.3. The molecule has 0 fully saturated rings. The molecule has 2 amide bonds. The Balaban J connectivity index is 1.62. The standard InChI is InChI=1S/C18H9N3O4/c19-8-11-9-20-15-7-10(5-6-12(11)15)18(24)25-21-16(22)13-3-1-2-4-14(13)17(21)23/h1-7,9,20H. The Morgan fingerprint density at radius 3 is 2.40 bits per heavy atom. The molecule has 0 saturated carbocycles. The van der Waals surface area contributed by atoms with Crippen molar-refractivity contribution in [3.8, 4) is 6.07 Å². The molecule has 0 spiro atoms. The van der Waals surface area contributed by atoms with Crippen molar-refractivity contribution in [3.05, 3.63) is 70.9 Å². The monoisotopic (exact) mass is 331 g/mol. The number of nitrogens with one attached hydrogen (secondary N) is 1. The third-order valence-electron chi connectivity index (χ3n) is 3.97. The van der Waals surface area contributed by atoms with Crippen molar-refractivity contribution < 1.29 is 19.2 Å². The third-order valence-corrected chi connectivity index (χ3v) is 3.97. The van der Waals surface area contributed by atoms with Crippen LogP contribution in [0.25, 0.3) is 10.9 Å². The fraction of sp³-hybridized carbons (Fsp3) is 0. The van der Waals surface area contributed by atoms with Crippen LogP contribution in [0.2, 0.25) is 0 Å². The summed E-state index contributed by atoms with van der Waals surface area (Å²) in [5.41, 5.74) is 1.57. The molecule has 0 atom stereocenters. The van der Waals surface area contributed by atoms with Gasteiger partial charge in [-0.25, -0.2) is 4.79 Å². The van der Waals surface area contributed by atoms with Gasteiger partial charge >= 0.3 is 5.97 Å². The van der Waals surface area contributed by atoms with Gasteiger partial charge in [0.05, 0.1) is 22.3 Å². The highest BCUT2D eigenvalue weighted by Crippen LogP contribution is 2.24. The molecule has 7 nitrogen and oxygen atoms in total. The number of aromatic nitrogens is 1. The smallest absolute Gasteiger partial charge is 0.360 e. The number of amides is 2. The van der Waals surface area contributed by atoms with E-state index in [4.69, 9.17) is 10.1 Å². The summed E-state index contributed by atoms with van der Waals surface area (Å²) in [6.45, 7) is 0. The first-order valence-corrected chi connectivity index (χ1v) is 7.31. The molecule has 1 aliphatic heterocycles. The Labute approximate surface area is 141 Å². The molecule has 0 bridgehead atoms. The summed E-state index contributed by atoms with van der Waals surface area (Å²) in [6, 6.07) is 12.8. The SMILES string of the molecule is N#Cc1c[nH]c2cc(C(=O)ON3C(=O)c4ccccc4C3=O)ccc12. The summed E-state index contributed by atoms with van der Waals surface area (Å²) >= 11 is 0. The zero-order chi connectivity index (χ0) is 17.6. The lowest BCUT2D eigenvalue weighted by atomic mass is 10.1. The number of hydroxylamine groups is 2. The normalized spacial score (nSPS) is 13.0. The van der Waals surface area contributed by atoms with E-state index >= 15 is 0 Å². The Bertz CT molecular complexity index is 1070. The summed E-state index contributed by atoms with van der Waals surface area (Å²) in [5, 5.41) is 10.1. The van der Waals surface area contributed by atoms with Gasteiger partial charge in [0.2, 0.25) is 0 Å². The van der Waals surface area contributed by atoms with Crippen molar-refractivity contribution in [2.75, 3.05) is 0 Å². The highest BCUT2D eigenvalue weighted by molar-refractivity contribution is 6.21. The van der Waals surface area contributed by atoms with Gasteiger partial charge in [-0.05, 0) is 24.3 Å². The number of carbonyl (C=O) groups is 3. The minimum absolute atomic E-state index is 0.149. The topological polar surface area (TPSA) is 103 Å². The molecule has 2 heterocycles. The zero-order valence-electron chi connectivity index (χ0n) is 12.6. The first-order valence-electron chi connectivity index (χ1n) is 7.31. The minimum Gasteiger partial charge on any atom is -0.360 e. The van der Waals surface area contributed by atoms with Crippen molar-refractivity contribution in [3.63, 3.8) is 0 Å². The van der Waals surface area contributed by atoms with Gasteiger partial charge in [0.1, 0.15) is 6.07 Å². The van der Waals surface area contributed by atoms with Crippen LogP contribution in [0.1, 0.15) is 36.6 Å². The van der Waals surface area contributed by atoms with Crippen LogP contribution in [-0.2, 0) is 4.84 Å². The first kappa shape index (κ1) is 14.7. The quantitative estimate of drug-likeness (QED) is 0.726. The Morgan fingerprint density at radius 2 is 1.76 bits per heavy atom. The van der Waals surface area contributed by atoms with Crippen LogP contribution in [-0.4, -0.2) is 27.8 Å². The summed E-state index contributed by atoms with van der Waals surface area (Å²) < 4.78 is 0. The van der Waals surface area contributed by atoms with E-state index in [2.05, 4.69) is 4.98 Å². The molecule has 7 heteroatoms. The number of hydrogen-bond acceptors (Lipinski definition) is 5. The van der Waals surface area contributed by atoms with Crippen LogP contribution >= 0.6 is 0 Å². The van der Waals surface area contributed by atoms with Crippen LogP contribution in [0.5, 0.6) is 0 Å². The molecular weight excluding hydrogens is 322 g/mol. The second-order valence-electron chi connectivity index (χ2n) is 5.40. The molecule has 0 aliphatic carbocycles. The number of rotatable bonds is 2. The number of aromatic amines is 1. The molecule has 0 radical (unpaired) electrons. The fourth-order valence-corrected chi connectivity index (χ4v) is 2.73. The van der Waals surface area contributed by atoms with Crippen LogP contribution < -0.4 is 0 Å². The molecule has 1 aromatic heterocycles. The van der Waals surface area contributed by atoms with Crippen LogP contribution in [0.3, 0.4) is 0 Å². The fourth-order valence-electron chi connectivity index (χ4n) is 2.73. The van der Waals surface area contributed by atoms with Gasteiger partial charge in [-0.1, -0.05) is 23.3 Å². The van der Waals surface area contributed by atoms with Gasteiger partial charge in [0.15, 0.2) is 0 Å². The molecule has 3 aromatic rings. The summed E-state index contributed by atoms with van der Waals surface area (Å²) in [4.78, 5) is 44.6. The van der Waals surface area contributed by atoms with E-state index in [-0.39, 0.29) is 16.7 Å². The highest BCUT2D eigenvalue weighted by Gasteiger charge is 2.38. The van der Waals surface area contributed by atoms with E-state index in [1.165, 1.54) is 30.5 Å². The number of nitriles is 1. The van der Waals surface area contributed by atoms with Gasteiger partial charge in [0.25, 0.3) is 11.8 Å². The Kier molecular flexibility index (Phi) is 3.12. The average Bonchev–Trinajstić information content (AvgIpc) is 3.16. The summed E-state index contributed by atoms with van der Waals surface area (Å²) in [5.74, 6) is -2.20. The van der Waals surface area contributed by atoms with Gasteiger partial charge in [-0.15, -0.1) is 0 Å². The summed E-state index contributed by atoms with van der Waals surface area (Å²) in [6.07, 6.45) is 1.53. The van der Waals surface area contributed by atoms with Crippen molar-refractivity contribution in [1.82, 2.24) is 10.0 Å². The first-order chi connectivity index (χ1) is 12.1. The molecular formula is C18H9N3O4. The summed E-state index contributed by atoms with van der Waals surface area (Å²) in [7, 11) is 0. The van der Waals surface area contributed by atoms with E-state index in [0.29, 0.717) is 21.5 Å². The van der Waals surface area contributed by atoms with Crippen LogP contribution in [0, 0.1) is 11.3 Å². The molecule has 120 valence electrons. The van der Waals surface area contributed by atoms with Crippen molar-refractivity contribution in [2.24, 2.45) is 0 Å². The average molecular weight is 331 g/mol. The number of carbonyl (C=O) groups excluding carboxylic acids is 3. The molecule has 0 saturated heterocycles. The molecule has 1 aliphatic rings. The lowest BCUT2D eigenvalue weighted by Crippen LogP contribution is -2.32. The van der Waals surface area contributed by atoms with Crippen molar-refractivity contribution in [1.29, 1.82) is 5.26 Å². The van der Waals surface area contributed by atoms with E-state index in [0.717, 1.165) is 0 Å². The van der Waals surface area contributed by atoms with Crippen molar-refractivity contribution in [2.45, 2.75) is 0 Å². The molecule has 0 unspecified atom stereocenters. The van der Waals surface area contributed by atoms with E-state index in [1.807, 2.05) is 6.07 Å². The van der Waals surface area contributed by atoms with Crippen molar-refractivity contribution >= 4 is 28.7 Å². The van der Waals surface area contributed by atoms with Gasteiger partial charge in [-0.2, -0.15) is 5.26 Å².